The number of nitrogen functional groups attached to an aromatic ring is 2. The van der Waals surface area contributed by atoms with Gasteiger partial charge in [-0.2, -0.15) is 0 Å². The zero-order chi connectivity index (χ0) is 16.0. The maximum Gasteiger partial charge on any atom is 0.341 e. The number of benzene rings is 1. The summed E-state index contributed by atoms with van der Waals surface area (Å²) in [6.45, 7) is 5.50. The van der Waals surface area contributed by atoms with Gasteiger partial charge in [0, 0.05) is 17.4 Å². The number of esters is 1. The van der Waals surface area contributed by atoms with Gasteiger partial charge >= 0.3 is 5.97 Å². The van der Waals surface area contributed by atoms with Crippen LogP contribution < -0.4 is 16.8 Å². The Kier molecular flexibility index (Phi) is 6.02. The molecule has 6 heteroatoms. The Balaban J connectivity index is 2.67. The molecule has 1 unspecified atom stereocenters. The summed E-state index contributed by atoms with van der Waals surface area (Å²) in [5.41, 5.74) is 12.2. The van der Waals surface area contributed by atoms with E-state index < -0.39 is 12.1 Å². The number of nitrogens with one attached hydrogen (secondary N) is 1. The van der Waals surface area contributed by atoms with Crippen LogP contribution in [0.3, 0.4) is 0 Å². The lowest BCUT2D eigenvalue weighted by molar-refractivity contribution is -0.129. The van der Waals surface area contributed by atoms with E-state index in [1.807, 2.05) is 13.8 Å². The predicted molar refractivity (Wildman–Crippen MR) is 82.7 cm³/mol. The number of hydrogen-bond donors (Lipinski definition) is 3. The van der Waals surface area contributed by atoms with Crippen molar-refractivity contribution in [2.24, 2.45) is 0 Å². The smallest absolute Gasteiger partial charge is 0.341 e. The predicted octanol–water partition coefficient (Wildman–Crippen LogP) is 1.70. The van der Waals surface area contributed by atoms with Gasteiger partial charge in [0.25, 0.3) is 5.91 Å². The van der Waals surface area contributed by atoms with Crippen molar-refractivity contribution >= 4 is 23.3 Å². The quantitative estimate of drug-likeness (QED) is 0.546. The SMILES string of the molecule is CCC(CC)NC(=O)C(C)OC(=O)c1ccc(N)cc1N. The summed E-state index contributed by atoms with van der Waals surface area (Å²) in [6, 6.07) is 4.60. The molecule has 0 aliphatic rings. The molecule has 0 bridgehead atoms. The van der Waals surface area contributed by atoms with Gasteiger partial charge in [0.15, 0.2) is 6.10 Å². The number of carbonyl (C=O) groups is 2. The van der Waals surface area contributed by atoms with Crippen LogP contribution in [-0.2, 0) is 9.53 Å². The second kappa shape index (κ2) is 7.52. The molecule has 0 heterocycles. The highest BCUT2D eigenvalue weighted by atomic mass is 16.5. The van der Waals surface area contributed by atoms with Gasteiger partial charge in [0.05, 0.1) is 5.56 Å². The van der Waals surface area contributed by atoms with E-state index in [4.69, 9.17) is 16.2 Å². The highest BCUT2D eigenvalue weighted by Gasteiger charge is 2.21. The third-order valence-electron chi connectivity index (χ3n) is 3.28. The van der Waals surface area contributed by atoms with Crippen LogP contribution in [0.15, 0.2) is 18.2 Å². The minimum Gasteiger partial charge on any atom is -0.449 e. The largest absolute Gasteiger partial charge is 0.449 e. The summed E-state index contributed by atoms with van der Waals surface area (Å²) < 4.78 is 5.14. The van der Waals surface area contributed by atoms with Crippen molar-refractivity contribution in [2.75, 3.05) is 11.5 Å². The maximum absolute atomic E-state index is 12.0. The first kappa shape index (κ1) is 16.8. The number of amides is 1. The topological polar surface area (TPSA) is 107 Å². The standard InChI is InChI=1S/C15H23N3O3/c1-4-11(5-2)18-14(19)9(3)21-15(20)12-7-6-10(16)8-13(12)17/h6-9,11H,4-5,16-17H2,1-3H3,(H,18,19). The Bertz CT molecular complexity index is 513. The van der Waals surface area contributed by atoms with Crippen LogP contribution in [0.25, 0.3) is 0 Å². The monoisotopic (exact) mass is 293 g/mol. The van der Waals surface area contributed by atoms with E-state index in [0.717, 1.165) is 12.8 Å². The maximum atomic E-state index is 12.0. The van der Waals surface area contributed by atoms with Gasteiger partial charge in [0.2, 0.25) is 0 Å². The van der Waals surface area contributed by atoms with Crippen molar-refractivity contribution in [3.05, 3.63) is 23.8 Å². The van der Waals surface area contributed by atoms with Crippen molar-refractivity contribution in [3.63, 3.8) is 0 Å². The molecular formula is C15H23N3O3. The summed E-state index contributed by atoms with van der Waals surface area (Å²) >= 11 is 0. The molecule has 0 aromatic heterocycles. The number of anilines is 2. The van der Waals surface area contributed by atoms with Crippen molar-refractivity contribution in [1.29, 1.82) is 0 Å². The fourth-order valence-electron chi connectivity index (χ4n) is 1.86. The summed E-state index contributed by atoms with van der Waals surface area (Å²) in [7, 11) is 0. The van der Waals surface area contributed by atoms with Gasteiger partial charge in [0.1, 0.15) is 0 Å². The lowest BCUT2D eigenvalue weighted by Gasteiger charge is -2.19. The van der Waals surface area contributed by atoms with Gasteiger partial charge in [-0.1, -0.05) is 13.8 Å². The molecule has 0 saturated heterocycles. The number of nitrogens with two attached hydrogens (primary N) is 2. The average Bonchev–Trinajstić information content (AvgIpc) is 2.44. The molecule has 1 aromatic carbocycles. The molecule has 5 N–H and O–H groups in total. The second-order valence-corrected chi connectivity index (χ2v) is 4.92. The molecule has 1 aromatic rings. The van der Waals surface area contributed by atoms with Gasteiger partial charge in [-0.25, -0.2) is 4.79 Å². The average molecular weight is 293 g/mol. The molecule has 21 heavy (non-hydrogen) atoms. The van der Waals surface area contributed by atoms with Gasteiger partial charge in [-0.05, 0) is 38.0 Å². The fourth-order valence-corrected chi connectivity index (χ4v) is 1.86. The van der Waals surface area contributed by atoms with E-state index in [0.29, 0.717) is 5.69 Å². The Morgan fingerprint density at radius 1 is 1.24 bits per heavy atom. The molecule has 1 atom stereocenters. The summed E-state index contributed by atoms with van der Waals surface area (Å²) in [6.07, 6.45) is 0.775. The highest BCUT2D eigenvalue weighted by Crippen LogP contribution is 2.17. The second-order valence-electron chi connectivity index (χ2n) is 4.92. The number of rotatable bonds is 6. The van der Waals surface area contributed by atoms with Crippen LogP contribution >= 0.6 is 0 Å². The van der Waals surface area contributed by atoms with Crippen LogP contribution in [-0.4, -0.2) is 24.0 Å². The van der Waals surface area contributed by atoms with Crippen LogP contribution in [0.2, 0.25) is 0 Å². The molecule has 6 nitrogen and oxygen atoms in total. The molecule has 0 fully saturated rings. The first-order valence-electron chi connectivity index (χ1n) is 7.05. The Morgan fingerprint density at radius 3 is 2.38 bits per heavy atom. The zero-order valence-corrected chi connectivity index (χ0v) is 12.7. The van der Waals surface area contributed by atoms with E-state index in [-0.39, 0.29) is 23.2 Å². The van der Waals surface area contributed by atoms with E-state index in [9.17, 15) is 9.59 Å². The van der Waals surface area contributed by atoms with Crippen LogP contribution in [0, 0.1) is 0 Å². The first-order chi connectivity index (χ1) is 9.88. The normalized spacial score (nSPS) is 12.0. The molecule has 0 spiro atoms. The van der Waals surface area contributed by atoms with Gasteiger partial charge < -0.3 is 21.5 Å². The Labute approximate surface area is 124 Å². The first-order valence-corrected chi connectivity index (χ1v) is 7.05. The third-order valence-corrected chi connectivity index (χ3v) is 3.28. The fraction of sp³-hybridized carbons (Fsp3) is 0.467. The minimum absolute atomic E-state index is 0.0836. The number of carbonyl (C=O) groups excluding carboxylic acids is 2. The van der Waals surface area contributed by atoms with Gasteiger partial charge in [-0.15, -0.1) is 0 Å². The van der Waals surface area contributed by atoms with E-state index in [1.54, 1.807) is 6.07 Å². The molecule has 0 aliphatic heterocycles. The molecule has 0 aliphatic carbocycles. The number of ether oxygens (including phenoxy) is 1. The molecule has 1 rings (SSSR count). The lowest BCUT2D eigenvalue weighted by atomic mass is 10.1. The Hall–Kier alpha value is -2.24. The zero-order valence-electron chi connectivity index (χ0n) is 12.7. The van der Waals surface area contributed by atoms with Crippen molar-refractivity contribution in [2.45, 2.75) is 45.8 Å². The van der Waals surface area contributed by atoms with Crippen molar-refractivity contribution in [1.82, 2.24) is 5.32 Å². The van der Waals surface area contributed by atoms with Crippen LogP contribution in [0.5, 0.6) is 0 Å². The van der Waals surface area contributed by atoms with Crippen molar-refractivity contribution < 1.29 is 14.3 Å². The Morgan fingerprint density at radius 2 is 1.86 bits per heavy atom. The molecule has 0 radical (unpaired) electrons. The summed E-state index contributed by atoms with van der Waals surface area (Å²) in [5, 5.41) is 2.83. The van der Waals surface area contributed by atoms with E-state index >= 15 is 0 Å². The minimum atomic E-state index is -0.880. The summed E-state index contributed by atoms with van der Waals surface area (Å²) in [4.78, 5) is 23.9. The van der Waals surface area contributed by atoms with Crippen LogP contribution in [0.4, 0.5) is 11.4 Å². The lowest BCUT2D eigenvalue weighted by Crippen LogP contribution is -2.41. The van der Waals surface area contributed by atoms with Gasteiger partial charge in [-0.3, -0.25) is 4.79 Å². The summed E-state index contributed by atoms with van der Waals surface area (Å²) in [5.74, 6) is -0.953. The van der Waals surface area contributed by atoms with E-state index in [2.05, 4.69) is 5.32 Å². The highest BCUT2D eigenvalue weighted by molar-refractivity contribution is 5.97. The van der Waals surface area contributed by atoms with E-state index in [1.165, 1.54) is 19.1 Å². The molecule has 0 saturated carbocycles. The number of hydrogen-bond acceptors (Lipinski definition) is 5. The molecule has 1 amide bonds. The molecular weight excluding hydrogens is 270 g/mol. The molecule has 116 valence electrons. The third kappa shape index (κ3) is 4.66. The van der Waals surface area contributed by atoms with Crippen LogP contribution in [0.1, 0.15) is 44.0 Å². The van der Waals surface area contributed by atoms with Crippen molar-refractivity contribution in [3.8, 4) is 0 Å².